The number of halogens is 1. The zero-order valence-corrected chi connectivity index (χ0v) is 16.0. The van der Waals surface area contributed by atoms with Crippen molar-refractivity contribution in [2.45, 2.75) is 83.3 Å². The molecule has 136 valence electrons. The number of hydrogen-bond donors (Lipinski definition) is 1. The van der Waals surface area contributed by atoms with Crippen LogP contribution in [0.4, 0.5) is 0 Å². The van der Waals surface area contributed by atoms with E-state index in [4.69, 9.17) is 5.73 Å². The molecular weight excluding hydrogens is 310 g/mol. The summed E-state index contributed by atoms with van der Waals surface area (Å²) in [7, 11) is 1.96. The van der Waals surface area contributed by atoms with Crippen molar-refractivity contribution in [1.29, 1.82) is 0 Å². The number of likely N-dealkylation sites (N-methyl/N-ethyl adjacent to an activating group) is 1. The Hall–Kier alpha value is -0.320. The van der Waals surface area contributed by atoms with Crippen LogP contribution in [0.5, 0.6) is 0 Å². The fourth-order valence-corrected chi connectivity index (χ4v) is 4.11. The van der Waals surface area contributed by atoms with Crippen LogP contribution in [0.25, 0.3) is 0 Å². The first kappa shape index (κ1) is 20.7. The number of likely N-dealkylation sites (tertiary alicyclic amines) is 1. The number of carbonyl (C=O) groups excluding carboxylic acids is 1. The minimum absolute atomic E-state index is 0. The van der Waals surface area contributed by atoms with E-state index >= 15 is 0 Å². The van der Waals surface area contributed by atoms with E-state index in [1.807, 2.05) is 11.9 Å². The Balaban J connectivity index is 0.00000264. The molecule has 1 saturated carbocycles. The molecule has 1 atom stereocenters. The molecule has 1 amide bonds. The predicted octanol–water partition coefficient (Wildman–Crippen LogP) is 3.04. The summed E-state index contributed by atoms with van der Waals surface area (Å²) < 4.78 is 0. The lowest BCUT2D eigenvalue weighted by Gasteiger charge is -2.39. The molecule has 0 aromatic heterocycles. The van der Waals surface area contributed by atoms with Crippen LogP contribution >= 0.6 is 12.4 Å². The van der Waals surface area contributed by atoms with Crippen LogP contribution in [0.3, 0.4) is 0 Å². The lowest BCUT2D eigenvalue weighted by molar-refractivity contribution is -0.134. The topological polar surface area (TPSA) is 49.6 Å². The van der Waals surface area contributed by atoms with Crippen molar-refractivity contribution in [2.24, 2.45) is 11.7 Å². The summed E-state index contributed by atoms with van der Waals surface area (Å²) >= 11 is 0. The summed E-state index contributed by atoms with van der Waals surface area (Å²) in [6, 6.07) is 0.687. The maximum Gasteiger partial charge on any atom is 0.239 e. The van der Waals surface area contributed by atoms with Crippen molar-refractivity contribution in [3.05, 3.63) is 0 Å². The third-order valence-corrected chi connectivity index (χ3v) is 5.75. The molecule has 2 aliphatic rings. The van der Waals surface area contributed by atoms with Gasteiger partial charge >= 0.3 is 0 Å². The molecule has 2 rings (SSSR count). The molecule has 0 bridgehead atoms. The molecule has 1 aliphatic carbocycles. The van der Waals surface area contributed by atoms with Gasteiger partial charge in [-0.15, -0.1) is 12.4 Å². The van der Waals surface area contributed by atoms with E-state index in [1.165, 1.54) is 32.1 Å². The van der Waals surface area contributed by atoms with Crippen molar-refractivity contribution in [3.8, 4) is 0 Å². The molecule has 23 heavy (non-hydrogen) atoms. The number of hydrogen-bond acceptors (Lipinski definition) is 3. The summed E-state index contributed by atoms with van der Waals surface area (Å²) in [5, 5.41) is 0. The van der Waals surface area contributed by atoms with E-state index in [-0.39, 0.29) is 24.4 Å². The Morgan fingerprint density at radius 3 is 2.22 bits per heavy atom. The first-order valence-electron chi connectivity index (χ1n) is 9.25. The van der Waals surface area contributed by atoms with Crippen molar-refractivity contribution in [1.82, 2.24) is 9.80 Å². The first-order chi connectivity index (χ1) is 10.5. The molecule has 2 N–H and O–H groups in total. The van der Waals surface area contributed by atoms with Crippen LogP contribution in [0, 0.1) is 5.92 Å². The summed E-state index contributed by atoms with van der Waals surface area (Å²) in [4.78, 5) is 17.1. The summed E-state index contributed by atoms with van der Waals surface area (Å²) in [5.41, 5.74) is 6.23. The number of piperidine rings is 1. The van der Waals surface area contributed by atoms with Crippen LogP contribution in [-0.2, 0) is 4.79 Å². The summed E-state index contributed by atoms with van der Waals surface area (Å²) in [5.74, 6) is 0.831. The second-order valence-electron chi connectivity index (χ2n) is 7.66. The van der Waals surface area contributed by atoms with Crippen LogP contribution in [0.1, 0.15) is 65.2 Å². The largest absolute Gasteiger partial charge is 0.341 e. The normalized spacial score (nSPS) is 22.7. The minimum atomic E-state index is -0.295. The molecule has 1 saturated heterocycles. The zero-order chi connectivity index (χ0) is 16.1. The fraction of sp³-hybridized carbons (Fsp3) is 0.944. The monoisotopic (exact) mass is 345 g/mol. The number of carbonyl (C=O) groups is 1. The maximum absolute atomic E-state index is 12.6. The number of nitrogens with two attached hydrogens (primary N) is 1. The van der Waals surface area contributed by atoms with Gasteiger partial charge in [0.15, 0.2) is 0 Å². The molecule has 1 aliphatic heterocycles. The Kier molecular flexibility index (Phi) is 8.88. The second-order valence-corrected chi connectivity index (χ2v) is 7.66. The Bertz CT molecular complexity index is 350. The smallest absolute Gasteiger partial charge is 0.239 e. The predicted molar refractivity (Wildman–Crippen MR) is 98.9 cm³/mol. The van der Waals surface area contributed by atoms with Crippen LogP contribution in [0.2, 0.25) is 0 Å². The highest BCUT2D eigenvalue weighted by molar-refractivity contribution is 5.85. The Morgan fingerprint density at radius 1 is 1.13 bits per heavy atom. The molecule has 0 spiro atoms. The van der Waals surface area contributed by atoms with Gasteiger partial charge < -0.3 is 15.5 Å². The SMILES string of the molecule is CC(C)N1CCC(N(C)C(=O)C(N)CC2CCCCC2)CC1.Cl. The number of amides is 1. The quantitative estimate of drug-likeness (QED) is 0.833. The van der Waals surface area contributed by atoms with Gasteiger partial charge in [-0.25, -0.2) is 0 Å². The van der Waals surface area contributed by atoms with Crippen molar-refractivity contribution in [2.75, 3.05) is 20.1 Å². The van der Waals surface area contributed by atoms with Crippen LogP contribution in [0.15, 0.2) is 0 Å². The summed E-state index contributed by atoms with van der Waals surface area (Å²) in [6.07, 6.45) is 9.55. The Morgan fingerprint density at radius 2 is 1.70 bits per heavy atom. The second kappa shape index (κ2) is 9.85. The van der Waals surface area contributed by atoms with E-state index in [0.717, 1.165) is 32.4 Å². The highest BCUT2D eigenvalue weighted by Gasteiger charge is 2.30. The van der Waals surface area contributed by atoms with Crippen LogP contribution < -0.4 is 5.73 Å². The van der Waals surface area contributed by atoms with Gasteiger partial charge in [-0.3, -0.25) is 4.79 Å². The highest BCUT2D eigenvalue weighted by atomic mass is 35.5. The lowest BCUT2D eigenvalue weighted by Crippen LogP contribution is -2.51. The van der Waals surface area contributed by atoms with E-state index in [9.17, 15) is 4.79 Å². The first-order valence-corrected chi connectivity index (χ1v) is 9.25. The van der Waals surface area contributed by atoms with E-state index < -0.39 is 0 Å². The van der Waals surface area contributed by atoms with Crippen molar-refractivity contribution < 1.29 is 4.79 Å². The average molecular weight is 346 g/mol. The molecule has 1 unspecified atom stereocenters. The number of rotatable bonds is 5. The van der Waals surface area contributed by atoms with Crippen molar-refractivity contribution in [3.63, 3.8) is 0 Å². The van der Waals surface area contributed by atoms with Gasteiger partial charge in [-0.2, -0.15) is 0 Å². The molecule has 0 aromatic carbocycles. The van der Waals surface area contributed by atoms with Gasteiger partial charge in [0, 0.05) is 32.2 Å². The van der Waals surface area contributed by atoms with E-state index in [0.29, 0.717) is 18.0 Å². The molecule has 4 nitrogen and oxygen atoms in total. The molecule has 2 fully saturated rings. The van der Waals surface area contributed by atoms with E-state index in [2.05, 4.69) is 18.7 Å². The third-order valence-electron chi connectivity index (χ3n) is 5.75. The Labute approximate surface area is 148 Å². The molecular formula is C18H36ClN3O. The van der Waals surface area contributed by atoms with Gasteiger partial charge in [0.1, 0.15) is 0 Å². The van der Waals surface area contributed by atoms with Crippen molar-refractivity contribution >= 4 is 18.3 Å². The van der Waals surface area contributed by atoms with Gasteiger partial charge in [-0.1, -0.05) is 32.1 Å². The number of nitrogens with zero attached hydrogens (tertiary/aromatic N) is 2. The van der Waals surface area contributed by atoms with E-state index in [1.54, 1.807) is 0 Å². The van der Waals surface area contributed by atoms with Gasteiger partial charge in [0.2, 0.25) is 5.91 Å². The third kappa shape index (κ3) is 5.91. The zero-order valence-electron chi connectivity index (χ0n) is 15.2. The minimum Gasteiger partial charge on any atom is -0.341 e. The van der Waals surface area contributed by atoms with Gasteiger partial charge in [0.05, 0.1) is 6.04 Å². The highest BCUT2D eigenvalue weighted by Crippen LogP contribution is 2.27. The molecule has 1 heterocycles. The molecule has 0 radical (unpaired) electrons. The van der Waals surface area contributed by atoms with Gasteiger partial charge in [-0.05, 0) is 39.0 Å². The fourth-order valence-electron chi connectivity index (χ4n) is 4.11. The lowest BCUT2D eigenvalue weighted by atomic mass is 9.84. The molecule has 5 heteroatoms. The van der Waals surface area contributed by atoms with Gasteiger partial charge in [0.25, 0.3) is 0 Å². The molecule has 0 aromatic rings. The summed E-state index contributed by atoms with van der Waals surface area (Å²) in [6.45, 7) is 6.68. The maximum atomic E-state index is 12.6. The van der Waals surface area contributed by atoms with Crippen LogP contribution in [-0.4, -0.2) is 54.0 Å². The average Bonchev–Trinajstić information content (AvgIpc) is 2.54. The standard InChI is InChI=1S/C18H35N3O.ClH/c1-14(2)21-11-9-16(10-12-21)20(3)18(22)17(19)13-15-7-5-4-6-8-15;/h14-17H,4-13,19H2,1-3H3;1H.